The summed E-state index contributed by atoms with van der Waals surface area (Å²) in [7, 11) is -3.19. The number of fused-ring (bicyclic) bond motifs is 3. The van der Waals surface area contributed by atoms with Crippen LogP contribution in [0.15, 0.2) is 36.5 Å². The molecule has 0 unspecified atom stereocenters. The van der Waals surface area contributed by atoms with E-state index in [9.17, 15) is 49.5 Å². The van der Waals surface area contributed by atoms with Gasteiger partial charge in [-0.1, -0.05) is 26.0 Å². The van der Waals surface area contributed by atoms with E-state index >= 15 is 0 Å². The zero-order valence-corrected chi connectivity index (χ0v) is 34.0. The lowest BCUT2D eigenvalue weighted by molar-refractivity contribution is -0.244. The average Bonchev–Trinajstić information content (AvgIpc) is 4.06. The summed E-state index contributed by atoms with van der Waals surface area (Å²) in [5.74, 6) is -5.18. The van der Waals surface area contributed by atoms with E-state index in [1.807, 2.05) is 11.6 Å². The Morgan fingerprint density at radius 1 is 1.12 bits per heavy atom. The van der Waals surface area contributed by atoms with Crippen LogP contribution in [0.5, 0.6) is 11.6 Å². The molecule has 2 aromatic rings. The van der Waals surface area contributed by atoms with Crippen molar-refractivity contribution >= 4 is 44.6 Å². The van der Waals surface area contributed by atoms with Crippen molar-refractivity contribution in [1.82, 2.24) is 25.2 Å². The molecule has 2 aliphatic carbocycles. The van der Waals surface area contributed by atoms with Crippen LogP contribution >= 0.6 is 0 Å². The van der Waals surface area contributed by atoms with E-state index in [0.29, 0.717) is 38.5 Å². The molecule has 3 heterocycles. The predicted molar refractivity (Wildman–Crippen MR) is 202 cm³/mol. The number of alkyl halides is 4. The Morgan fingerprint density at radius 3 is 2.47 bits per heavy atom. The van der Waals surface area contributed by atoms with Gasteiger partial charge < -0.3 is 29.7 Å². The lowest BCUT2D eigenvalue weighted by atomic mass is 9.88. The van der Waals surface area contributed by atoms with Crippen molar-refractivity contribution in [3.05, 3.63) is 42.4 Å². The van der Waals surface area contributed by atoms with Crippen LogP contribution < -0.4 is 24.8 Å². The van der Waals surface area contributed by atoms with E-state index in [4.69, 9.17) is 14.2 Å². The Labute approximate surface area is 338 Å². The molecule has 1 aromatic carbocycles. The highest BCUT2D eigenvalue weighted by molar-refractivity contribution is 7.91. The summed E-state index contributed by atoms with van der Waals surface area (Å²) in [5.41, 5.74) is -4.74. The fraction of sp³-hybridized carbons (Fsp3) is 0.615. The van der Waals surface area contributed by atoms with Gasteiger partial charge in [0.25, 0.3) is 5.91 Å². The molecule has 2 aliphatic heterocycles. The molecule has 2 saturated carbocycles. The summed E-state index contributed by atoms with van der Waals surface area (Å²) in [6.07, 6.45) is -1.58. The standard InChI is InChI=1S/C39H48F5N5O9S/c1-21-8-6-7-9-24-18-38(24,34(52)48-59(54,55)37(20-40)11-12-37)47-31(50)28-16-25(57-32-26-17-27(41)29(56-5)15-23(26)10-13-45-32)19-49(28)33(51)30(22(2)14-21)46-35(53)58-36(3,4)39(42,43)44/h7,9-10,13,15,17,21-22,24-25,28,30H,6,8,11-12,14,16,18-20H2,1-5H3,(H,46,53)(H,47,50)(H,48,52)/t21-,22-,24-,25-,28+,30+,38-/m1/s1. The summed E-state index contributed by atoms with van der Waals surface area (Å²) in [4.78, 5) is 61.5. The van der Waals surface area contributed by atoms with Gasteiger partial charge in [-0.15, -0.1) is 0 Å². The number of allylic oxidation sites excluding steroid dienone is 1. The maximum Gasteiger partial charge on any atom is 0.427 e. The number of amides is 4. The molecule has 324 valence electrons. The monoisotopic (exact) mass is 857 g/mol. The quantitative estimate of drug-likeness (QED) is 0.229. The maximum absolute atomic E-state index is 14.9. The second kappa shape index (κ2) is 16.0. The van der Waals surface area contributed by atoms with Crippen molar-refractivity contribution in [1.29, 1.82) is 0 Å². The van der Waals surface area contributed by atoms with Crippen LogP contribution in [0.1, 0.15) is 72.6 Å². The van der Waals surface area contributed by atoms with Crippen LogP contribution in [0.3, 0.4) is 0 Å². The number of hydrogen-bond acceptors (Lipinski definition) is 10. The lowest BCUT2D eigenvalue weighted by Gasteiger charge is -2.34. The van der Waals surface area contributed by atoms with E-state index in [0.717, 1.165) is 11.0 Å². The molecule has 14 nitrogen and oxygen atoms in total. The lowest BCUT2D eigenvalue weighted by Crippen LogP contribution is -2.60. The number of methoxy groups -OCH3 is 1. The Kier molecular flexibility index (Phi) is 11.9. The molecule has 7 atom stereocenters. The van der Waals surface area contributed by atoms with Gasteiger partial charge in [0.05, 0.1) is 13.7 Å². The number of carbonyl (C=O) groups excluding carboxylic acids is 4. The Morgan fingerprint density at radius 2 is 1.83 bits per heavy atom. The summed E-state index contributed by atoms with van der Waals surface area (Å²) >= 11 is 0. The number of nitrogens with zero attached hydrogens (tertiary/aromatic N) is 2. The van der Waals surface area contributed by atoms with Crippen molar-refractivity contribution in [2.75, 3.05) is 20.3 Å². The normalized spacial score (nSPS) is 28.6. The zero-order chi connectivity index (χ0) is 43.3. The summed E-state index contributed by atoms with van der Waals surface area (Å²) in [6.45, 7) is 3.27. The highest BCUT2D eigenvalue weighted by Gasteiger charge is 2.64. The van der Waals surface area contributed by atoms with E-state index in [1.165, 1.54) is 19.4 Å². The number of halogens is 5. The maximum atomic E-state index is 14.9. The average molecular weight is 858 g/mol. The predicted octanol–water partition coefficient (Wildman–Crippen LogP) is 5.00. The first-order valence-corrected chi connectivity index (χ1v) is 20.8. The molecule has 4 aliphatic rings. The van der Waals surface area contributed by atoms with Gasteiger partial charge in [0, 0.05) is 23.9 Å². The van der Waals surface area contributed by atoms with Crippen LogP contribution in [-0.2, 0) is 29.1 Å². The van der Waals surface area contributed by atoms with Gasteiger partial charge in [0.2, 0.25) is 33.3 Å². The highest BCUT2D eigenvalue weighted by Crippen LogP contribution is 2.48. The van der Waals surface area contributed by atoms with Gasteiger partial charge in [-0.2, -0.15) is 13.2 Å². The Hall–Kier alpha value is -4.75. The van der Waals surface area contributed by atoms with Crippen molar-refractivity contribution < 1.29 is 63.8 Å². The number of aromatic nitrogens is 1. The summed E-state index contributed by atoms with van der Waals surface area (Å²) < 4.78 is 112. The van der Waals surface area contributed by atoms with Gasteiger partial charge in [-0.3, -0.25) is 19.1 Å². The van der Waals surface area contributed by atoms with Gasteiger partial charge in [-0.05, 0) is 87.8 Å². The third kappa shape index (κ3) is 8.77. The molecule has 3 N–H and O–H groups in total. The number of hydrogen-bond donors (Lipinski definition) is 3. The minimum absolute atomic E-state index is 0.00807. The highest BCUT2D eigenvalue weighted by atomic mass is 32.2. The fourth-order valence-electron chi connectivity index (χ4n) is 7.75. The van der Waals surface area contributed by atoms with Gasteiger partial charge in [0.1, 0.15) is 35.1 Å². The summed E-state index contributed by atoms with van der Waals surface area (Å²) in [5, 5.41) is 5.71. The fourth-order valence-corrected chi connectivity index (χ4v) is 9.18. The van der Waals surface area contributed by atoms with Crippen molar-refractivity contribution in [3.63, 3.8) is 0 Å². The molecule has 6 rings (SSSR count). The second-order valence-electron chi connectivity index (χ2n) is 16.7. The number of pyridine rings is 1. The first-order chi connectivity index (χ1) is 27.6. The molecule has 1 aromatic heterocycles. The van der Waals surface area contributed by atoms with E-state index in [2.05, 4.69) is 15.6 Å². The number of alkyl carbamates (subject to hydrolysis) is 1. The topological polar surface area (TPSA) is 182 Å². The van der Waals surface area contributed by atoms with Crippen molar-refractivity contribution in [2.45, 2.75) is 113 Å². The third-order valence-electron chi connectivity index (χ3n) is 11.8. The number of sulfonamides is 1. The van der Waals surface area contributed by atoms with Crippen LogP contribution in [0.25, 0.3) is 10.8 Å². The molecule has 4 amide bonds. The molecule has 3 fully saturated rings. The van der Waals surface area contributed by atoms with Gasteiger partial charge in [-0.25, -0.2) is 27.0 Å². The van der Waals surface area contributed by atoms with E-state index < -0.39 is 98.4 Å². The molecule has 0 spiro atoms. The van der Waals surface area contributed by atoms with Crippen molar-refractivity contribution in [3.8, 4) is 11.6 Å². The SMILES string of the molecule is COc1cc2ccnc(O[C@@H]3C[C@H]4C(=O)N[C@]5(C(=O)NS(=O)(=O)C6(CF)CC6)C[C@H]5C=CCC[C@@H](C)C[C@@H](C)[C@H](NC(=O)OC(C)(C)C(F)(F)F)C(=O)N4C3)c2cc1F. The van der Waals surface area contributed by atoms with Crippen LogP contribution in [0.2, 0.25) is 0 Å². The number of nitrogens with one attached hydrogen (secondary N) is 3. The first-order valence-electron chi connectivity index (χ1n) is 19.3. The molecule has 1 saturated heterocycles. The van der Waals surface area contributed by atoms with Crippen LogP contribution in [0.4, 0.5) is 26.7 Å². The number of carbonyl (C=O) groups is 4. The van der Waals surface area contributed by atoms with Crippen LogP contribution in [0, 0.1) is 23.6 Å². The van der Waals surface area contributed by atoms with E-state index in [-0.39, 0.29) is 55.2 Å². The Bertz CT molecular complexity index is 2130. The van der Waals surface area contributed by atoms with E-state index in [1.54, 1.807) is 25.1 Å². The number of ether oxygens (including phenoxy) is 3. The second-order valence-corrected chi connectivity index (χ2v) is 18.7. The van der Waals surface area contributed by atoms with Crippen LogP contribution in [-0.4, -0.2) is 103 Å². The van der Waals surface area contributed by atoms with Gasteiger partial charge in [0.15, 0.2) is 11.6 Å². The molecular weight excluding hydrogens is 810 g/mol. The molecule has 20 heteroatoms. The number of benzene rings is 1. The summed E-state index contributed by atoms with van der Waals surface area (Å²) in [6, 6.07) is 1.18. The molecule has 59 heavy (non-hydrogen) atoms. The molecule has 0 radical (unpaired) electrons. The smallest absolute Gasteiger partial charge is 0.427 e. The van der Waals surface area contributed by atoms with Gasteiger partial charge >= 0.3 is 12.3 Å². The molecular formula is C39H48F5N5O9S. The minimum atomic E-state index is -4.95. The Balaban J connectivity index is 1.36. The molecule has 0 bridgehead atoms. The zero-order valence-electron chi connectivity index (χ0n) is 33.2. The first kappa shape index (κ1) is 43.8. The number of rotatable bonds is 9. The largest absolute Gasteiger partial charge is 0.494 e. The third-order valence-corrected chi connectivity index (χ3v) is 14.0. The minimum Gasteiger partial charge on any atom is -0.494 e. The van der Waals surface area contributed by atoms with Crippen molar-refractivity contribution in [2.24, 2.45) is 17.8 Å².